The van der Waals surface area contributed by atoms with Gasteiger partial charge in [0.25, 0.3) is 0 Å². The summed E-state index contributed by atoms with van der Waals surface area (Å²) >= 11 is 0. The van der Waals surface area contributed by atoms with Crippen molar-refractivity contribution in [1.82, 2.24) is 0 Å². The van der Waals surface area contributed by atoms with E-state index >= 15 is 0 Å². The molecule has 0 aromatic heterocycles. The number of hydrogen-bond acceptors (Lipinski definition) is 2. The Kier molecular flexibility index (Phi) is 4.95. The summed E-state index contributed by atoms with van der Waals surface area (Å²) < 4.78 is 0. The van der Waals surface area contributed by atoms with E-state index in [-0.39, 0.29) is 0 Å². The average Bonchev–Trinajstić information content (AvgIpc) is 3.20. The Balaban J connectivity index is 1.72. The van der Waals surface area contributed by atoms with Gasteiger partial charge >= 0.3 is 7.12 Å². The lowest BCUT2D eigenvalue weighted by Gasteiger charge is -2.34. The molecule has 5 aromatic carbocycles. The Morgan fingerprint density at radius 2 is 1.00 bits per heavy atom. The van der Waals surface area contributed by atoms with E-state index in [0.717, 1.165) is 11.1 Å². The molecule has 0 bridgehead atoms. The molecule has 0 saturated heterocycles. The molecule has 0 fully saturated rings. The highest BCUT2D eigenvalue weighted by Crippen LogP contribution is 2.56. The highest BCUT2D eigenvalue weighted by molar-refractivity contribution is 6.60. The zero-order valence-electron chi connectivity index (χ0n) is 18.6. The summed E-state index contributed by atoms with van der Waals surface area (Å²) in [5.74, 6) is 0. The molecule has 3 heteroatoms. The van der Waals surface area contributed by atoms with Crippen molar-refractivity contribution in [3.05, 3.63) is 150 Å². The van der Waals surface area contributed by atoms with Crippen LogP contribution in [0.4, 0.5) is 0 Å². The third kappa shape index (κ3) is 2.98. The van der Waals surface area contributed by atoms with Crippen molar-refractivity contribution < 1.29 is 10.0 Å². The van der Waals surface area contributed by atoms with Crippen molar-refractivity contribution in [3.63, 3.8) is 0 Å². The van der Waals surface area contributed by atoms with Crippen LogP contribution in [0.1, 0.15) is 22.3 Å². The van der Waals surface area contributed by atoms with Crippen LogP contribution >= 0.6 is 0 Å². The van der Waals surface area contributed by atoms with E-state index < -0.39 is 12.5 Å². The van der Waals surface area contributed by atoms with E-state index in [4.69, 9.17) is 0 Å². The highest BCUT2D eigenvalue weighted by Gasteiger charge is 2.46. The van der Waals surface area contributed by atoms with Crippen LogP contribution in [0.25, 0.3) is 22.3 Å². The van der Waals surface area contributed by atoms with Crippen molar-refractivity contribution in [1.29, 1.82) is 0 Å². The molecule has 0 atom stereocenters. The predicted molar refractivity (Wildman–Crippen MR) is 139 cm³/mol. The average molecular weight is 438 g/mol. The fourth-order valence-electron chi connectivity index (χ4n) is 5.60. The Bertz CT molecular complexity index is 1440. The number of benzene rings is 5. The summed E-state index contributed by atoms with van der Waals surface area (Å²) in [6, 6.07) is 44.0. The molecule has 0 radical (unpaired) electrons. The summed E-state index contributed by atoms with van der Waals surface area (Å²) in [7, 11) is -1.53. The Hall–Kier alpha value is -3.92. The van der Waals surface area contributed by atoms with Crippen LogP contribution < -0.4 is 5.46 Å². The van der Waals surface area contributed by atoms with Gasteiger partial charge in [-0.2, -0.15) is 0 Å². The second-order valence-electron chi connectivity index (χ2n) is 8.75. The van der Waals surface area contributed by atoms with Crippen LogP contribution in [0.15, 0.2) is 127 Å². The monoisotopic (exact) mass is 438 g/mol. The molecule has 0 heterocycles. The van der Waals surface area contributed by atoms with Gasteiger partial charge in [-0.3, -0.25) is 0 Å². The van der Waals surface area contributed by atoms with E-state index in [1.165, 1.54) is 33.4 Å². The van der Waals surface area contributed by atoms with E-state index in [2.05, 4.69) is 103 Å². The molecule has 0 spiro atoms. The Morgan fingerprint density at radius 1 is 0.471 bits per heavy atom. The number of fused-ring (bicyclic) bond motifs is 3. The second kappa shape index (κ2) is 8.14. The zero-order valence-corrected chi connectivity index (χ0v) is 18.6. The summed E-state index contributed by atoms with van der Waals surface area (Å²) in [5.41, 5.74) is 9.13. The maximum atomic E-state index is 10.0. The van der Waals surface area contributed by atoms with Crippen LogP contribution in [-0.2, 0) is 5.41 Å². The Morgan fingerprint density at radius 3 is 1.65 bits per heavy atom. The van der Waals surface area contributed by atoms with Crippen molar-refractivity contribution in [2.45, 2.75) is 5.41 Å². The van der Waals surface area contributed by atoms with Crippen LogP contribution in [-0.4, -0.2) is 17.2 Å². The fourth-order valence-corrected chi connectivity index (χ4v) is 5.60. The van der Waals surface area contributed by atoms with E-state index in [1.54, 1.807) is 6.07 Å². The van der Waals surface area contributed by atoms with Gasteiger partial charge in [0.05, 0.1) is 5.41 Å². The van der Waals surface area contributed by atoms with Gasteiger partial charge < -0.3 is 10.0 Å². The first-order valence-corrected chi connectivity index (χ1v) is 11.5. The summed E-state index contributed by atoms with van der Waals surface area (Å²) in [6.07, 6.45) is 0. The summed E-state index contributed by atoms with van der Waals surface area (Å²) in [4.78, 5) is 0. The lowest BCUT2D eigenvalue weighted by atomic mass is 9.67. The SMILES string of the molecule is OB(O)c1ccccc1-c1ccc2c(c1)C(c1ccccc1)(c1ccccc1)c1ccccc1-2. The summed E-state index contributed by atoms with van der Waals surface area (Å²) in [5, 5.41) is 20.0. The van der Waals surface area contributed by atoms with Gasteiger partial charge in [0, 0.05) is 0 Å². The van der Waals surface area contributed by atoms with Crippen LogP contribution in [0.3, 0.4) is 0 Å². The smallest absolute Gasteiger partial charge is 0.423 e. The lowest BCUT2D eigenvalue weighted by molar-refractivity contribution is 0.426. The minimum Gasteiger partial charge on any atom is -0.423 e. The number of hydrogen-bond donors (Lipinski definition) is 2. The van der Waals surface area contributed by atoms with Gasteiger partial charge in [0.15, 0.2) is 0 Å². The first-order valence-electron chi connectivity index (χ1n) is 11.5. The highest BCUT2D eigenvalue weighted by atomic mass is 16.4. The molecule has 0 unspecified atom stereocenters. The summed E-state index contributed by atoms with van der Waals surface area (Å²) in [6.45, 7) is 0. The molecule has 5 aromatic rings. The predicted octanol–water partition coefficient (Wildman–Crippen LogP) is 5.40. The van der Waals surface area contributed by atoms with Gasteiger partial charge in [0.2, 0.25) is 0 Å². The fraction of sp³-hybridized carbons (Fsp3) is 0.0323. The van der Waals surface area contributed by atoms with Crippen molar-refractivity contribution in [2.24, 2.45) is 0 Å². The Labute approximate surface area is 199 Å². The first kappa shape index (κ1) is 20.7. The molecule has 0 aliphatic heterocycles. The van der Waals surface area contributed by atoms with Gasteiger partial charge in [-0.15, -0.1) is 0 Å². The van der Waals surface area contributed by atoms with Crippen LogP contribution in [0.5, 0.6) is 0 Å². The van der Waals surface area contributed by atoms with E-state index in [1.807, 2.05) is 18.2 Å². The third-order valence-corrected chi connectivity index (χ3v) is 7.01. The molecule has 2 nitrogen and oxygen atoms in total. The second-order valence-corrected chi connectivity index (χ2v) is 8.75. The lowest BCUT2D eigenvalue weighted by Crippen LogP contribution is -2.31. The molecular weight excluding hydrogens is 415 g/mol. The van der Waals surface area contributed by atoms with Crippen molar-refractivity contribution in [2.75, 3.05) is 0 Å². The van der Waals surface area contributed by atoms with Gasteiger partial charge in [-0.1, -0.05) is 121 Å². The minimum atomic E-state index is -1.53. The largest absolute Gasteiger partial charge is 0.489 e. The third-order valence-electron chi connectivity index (χ3n) is 7.01. The quantitative estimate of drug-likeness (QED) is 0.362. The maximum absolute atomic E-state index is 10.0. The number of rotatable bonds is 4. The van der Waals surface area contributed by atoms with Crippen molar-refractivity contribution in [3.8, 4) is 22.3 Å². The molecule has 6 rings (SSSR count). The van der Waals surface area contributed by atoms with Gasteiger partial charge in [-0.25, -0.2) is 0 Å². The van der Waals surface area contributed by atoms with Gasteiger partial charge in [0.1, 0.15) is 0 Å². The maximum Gasteiger partial charge on any atom is 0.489 e. The molecule has 1 aliphatic rings. The molecule has 0 saturated carbocycles. The van der Waals surface area contributed by atoms with Crippen LogP contribution in [0.2, 0.25) is 0 Å². The van der Waals surface area contributed by atoms with Crippen molar-refractivity contribution >= 4 is 12.6 Å². The molecule has 162 valence electrons. The normalized spacial score (nSPS) is 13.2. The molecule has 0 amide bonds. The van der Waals surface area contributed by atoms with Gasteiger partial charge in [-0.05, 0) is 56.0 Å². The van der Waals surface area contributed by atoms with E-state index in [9.17, 15) is 10.0 Å². The molecule has 34 heavy (non-hydrogen) atoms. The standard InChI is InChI=1S/C31H23BO2/c33-32(34)30-18-10-8-15-25(30)22-19-20-27-26-16-7-9-17-28(26)31(29(27)21-22,23-11-3-1-4-12-23)24-13-5-2-6-14-24/h1-21,33-34H. The molecule has 2 N–H and O–H groups in total. The molecular formula is C31H23BO2. The zero-order chi connectivity index (χ0) is 23.1. The van der Waals surface area contributed by atoms with Crippen LogP contribution in [0, 0.1) is 0 Å². The minimum absolute atomic E-state index is 0.475. The first-order chi connectivity index (χ1) is 16.7. The topological polar surface area (TPSA) is 40.5 Å². The molecule has 1 aliphatic carbocycles. The van der Waals surface area contributed by atoms with E-state index in [0.29, 0.717) is 5.46 Å².